The highest BCUT2D eigenvalue weighted by atomic mass is 32.2. The van der Waals surface area contributed by atoms with Crippen LogP contribution in [0.4, 0.5) is 0 Å². The lowest BCUT2D eigenvalue weighted by atomic mass is 9.88. The molecule has 2 rings (SSSR count). The van der Waals surface area contributed by atoms with Gasteiger partial charge in [0.2, 0.25) is 0 Å². The summed E-state index contributed by atoms with van der Waals surface area (Å²) in [5.74, 6) is 1.48. The second-order valence-corrected chi connectivity index (χ2v) is 8.44. The topological polar surface area (TPSA) is 49.4 Å². The zero-order chi connectivity index (χ0) is 13.7. The first-order valence-electron chi connectivity index (χ1n) is 7.77. The third-order valence-electron chi connectivity index (χ3n) is 4.67. The number of likely N-dealkylation sites (tertiary alicyclic amines) is 1. The second-order valence-electron chi connectivity index (χ2n) is 5.97. The molecule has 2 heterocycles. The number of piperidine rings is 1. The highest BCUT2D eigenvalue weighted by molar-refractivity contribution is 7.91. The Morgan fingerprint density at radius 1 is 1.21 bits per heavy atom. The third kappa shape index (κ3) is 4.72. The lowest BCUT2D eigenvalue weighted by Crippen LogP contribution is -2.41. The first-order chi connectivity index (χ1) is 9.11. The molecule has 4 nitrogen and oxygen atoms in total. The predicted molar refractivity (Wildman–Crippen MR) is 79.1 cm³/mol. The Kier molecular flexibility index (Phi) is 5.66. The van der Waals surface area contributed by atoms with Gasteiger partial charge in [-0.1, -0.05) is 6.92 Å². The van der Waals surface area contributed by atoms with E-state index in [9.17, 15) is 8.42 Å². The molecular formula is C14H28N2O2S. The molecule has 2 saturated heterocycles. The SMILES string of the molecule is CCS(=O)(=O)CCCN1CCC(C2CCCN2)CC1. The van der Waals surface area contributed by atoms with Crippen molar-refractivity contribution in [2.45, 2.75) is 45.1 Å². The van der Waals surface area contributed by atoms with Crippen LogP contribution in [0.3, 0.4) is 0 Å². The number of hydrogen-bond donors (Lipinski definition) is 1. The summed E-state index contributed by atoms with van der Waals surface area (Å²) >= 11 is 0. The molecule has 19 heavy (non-hydrogen) atoms. The Morgan fingerprint density at radius 2 is 1.95 bits per heavy atom. The van der Waals surface area contributed by atoms with Crippen molar-refractivity contribution in [3.63, 3.8) is 0 Å². The summed E-state index contributed by atoms with van der Waals surface area (Å²) in [5, 5.41) is 3.61. The van der Waals surface area contributed by atoms with E-state index in [0.717, 1.165) is 38.0 Å². The Morgan fingerprint density at radius 3 is 2.53 bits per heavy atom. The summed E-state index contributed by atoms with van der Waals surface area (Å²) in [6.45, 7) is 6.17. The Bertz CT molecular complexity index is 356. The minimum Gasteiger partial charge on any atom is -0.314 e. The molecule has 5 heteroatoms. The molecule has 0 saturated carbocycles. The van der Waals surface area contributed by atoms with E-state index in [2.05, 4.69) is 10.2 Å². The molecular weight excluding hydrogens is 260 g/mol. The number of hydrogen-bond acceptors (Lipinski definition) is 4. The van der Waals surface area contributed by atoms with E-state index in [1.807, 2.05) is 0 Å². The number of nitrogens with one attached hydrogen (secondary N) is 1. The van der Waals surface area contributed by atoms with Gasteiger partial charge in [0, 0.05) is 11.8 Å². The molecule has 0 aromatic carbocycles. The maximum absolute atomic E-state index is 11.4. The van der Waals surface area contributed by atoms with Crippen LogP contribution in [0.15, 0.2) is 0 Å². The largest absolute Gasteiger partial charge is 0.314 e. The molecule has 0 amide bonds. The quantitative estimate of drug-likeness (QED) is 0.800. The van der Waals surface area contributed by atoms with E-state index >= 15 is 0 Å². The number of sulfone groups is 1. The van der Waals surface area contributed by atoms with E-state index in [0.29, 0.717) is 5.75 Å². The molecule has 112 valence electrons. The Labute approximate surface area is 117 Å². The van der Waals surface area contributed by atoms with Crippen molar-refractivity contribution in [1.29, 1.82) is 0 Å². The first-order valence-corrected chi connectivity index (χ1v) is 9.59. The van der Waals surface area contributed by atoms with E-state index in [1.54, 1.807) is 6.92 Å². The molecule has 0 aromatic rings. The monoisotopic (exact) mass is 288 g/mol. The fraction of sp³-hybridized carbons (Fsp3) is 1.00. The number of rotatable bonds is 6. The van der Waals surface area contributed by atoms with Gasteiger partial charge in [-0.25, -0.2) is 8.42 Å². The molecule has 0 radical (unpaired) electrons. The summed E-state index contributed by atoms with van der Waals surface area (Å²) in [5.41, 5.74) is 0. The average Bonchev–Trinajstić information content (AvgIpc) is 2.93. The Hall–Kier alpha value is -0.130. The van der Waals surface area contributed by atoms with Crippen LogP contribution in [0.5, 0.6) is 0 Å². The molecule has 0 bridgehead atoms. The van der Waals surface area contributed by atoms with Crippen LogP contribution >= 0.6 is 0 Å². The van der Waals surface area contributed by atoms with Gasteiger partial charge in [-0.3, -0.25) is 0 Å². The Balaban J connectivity index is 1.63. The molecule has 0 aromatic heterocycles. The van der Waals surface area contributed by atoms with Gasteiger partial charge in [0.05, 0.1) is 5.75 Å². The molecule has 2 fully saturated rings. The summed E-state index contributed by atoms with van der Waals surface area (Å²) in [6.07, 6.45) is 6.03. The fourth-order valence-electron chi connectivity index (χ4n) is 3.35. The van der Waals surface area contributed by atoms with Gasteiger partial charge in [0.15, 0.2) is 0 Å². The van der Waals surface area contributed by atoms with Gasteiger partial charge in [0.1, 0.15) is 9.84 Å². The predicted octanol–water partition coefficient (Wildman–Crippen LogP) is 1.28. The van der Waals surface area contributed by atoms with Crippen molar-refractivity contribution in [3.8, 4) is 0 Å². The van der Waals surface area contributed by atoms with Crippen LogP contribution in [0.1, 0.15) is 39.0 Å². The minimum absolute atomic E-state index is 0.280. The zero-order valence-corrected chi connectivity index (χ0v) is 12.9. The fourth-order valence-corrected chi connectivity index (χ4v) is 4.20. The van der Waals surface area contributed by atoms with Crippen molar-refractivity contribution in [1.82, 2.24) is 10.2 Å². The minimum atomic E-state index is -2.78. The summed E-state index contributed by atoms with van der Waals surface area (Å²) in [4.78, 5) is 2.44. The second kappa shape index (κ2) is 7.04. The molecule has 0 spiro atoms. The van der Waals surface area contributed by atoms with Gasteiger partial charge in [0.25, 0.3) is 0 Å². The third-order valence-corrected chi connectivity index (χ3v) is 6.46. The van der Waals surface area contributed by atoms with Crippen LogP contribution in [-0.2, 0) is 9.84 Å². The van der Waals surface area contributed by atoms with E-state index in [4.69, 9.17) is 0 Å². The maximum atomic E-state index is 11.4. The van der Waals surface area contributed by atoms with Gasteiger partial charge in [-0.05, 0) is 64.2 Å². The zero-order valence-electron chi connectivity index (χ0n) is 12.1. The van der Waals surface area contributed by atoms with Crippen LogP contribution < -0.4 is 5.32 Å². The van der Waals surface area contributed by atoms with E-state index < -0.39 is 9.84 Å². The summed E-state index contributed by atoms with van der Waals surface area (Å²) < 4.78 is 22.9. The molecule has 1 N–H and O–H groups in total. The van der Waals surface area contributed by atoms with Crippen LogP contribution in [-0.4, -0.2) is 57.0 Å². The van der Waals surface area contributed by atoms with Crippen molar-refractivity contribution in [3.05, 3.63) is 0 Å². The summed E-state index contributed by atoms with van der Waals surface area (Å²) in [6, 6.07) is 0.752. The van der Waals surface area contributed by atoms with Crippen LogP contribution in [0.25, 0.3) is 0 Å². The molecule has 0 aliphatic carbocycles. The number of nitrogens with zero attached hydrogens (tertiary/aromatic N) is 1. The lowest BCUT2D eigenvalue weighted by Gasteiger charge is -2.34. The van der Waals surface area contributed by atoms with E-state index in [1.165, 1.54) is 32.2 Å². The average molecular weight is 288 g/mol. The van der Waals surface area contributed by atoms with Crippen molar-refractivity contribution in [2.24, 2.45) is 5.92 Å². The molecule has 2 aliphatic rings. The van der Waals surface area contributed by atoms with Gasteiger partial charge >= 0.3 is 0 Å². The normalized spacial score (nSPS) is 26.9. The maximum Gasteiger partial charge on any atom is 0.150 e. The van der Waals surface area contributed by atoms with Gasteiger partial charge < -0.3 is 10.2 Å². The molecule has 1 atom stereocenters. The lowest BCUT2D eigenvalue weighted by molar-refractivity contribution is 0.164. The highest BCUT2D eigenvalue weighted by Crippen LogP contribution is 2.25. The van der Waals surface area contributed by atoms with Gasteiger partial charge in [-0.2, -0.15) is 0 Å². The van der Waals surface area contributed by atoms with Crippen molar-refractivity contribution in [2.75, 3.05) is 37.7 Å². The van der Waals surface area contributed by atoms with Crippen molar-refractivity contribution >= 4 is 9.84 Å². The van der Waals surface area contributed by atoms with Crippen molar-refractivity contribution < 1.29 is 8.42 Å². The van der Waals surface area contributed by atoms with Crippen LogP contribution in [0.2, 0.25) is 0 Å². The van der Waals surface area contributed by atoms with E-state index in [-0.39, 0.29) is 5.75 Å². The smallest absolute Gasteiger partial charge is 0.150 e. The molecule has 1 unspecified atom stereocenters. The molecule has 2 aliphatic heterocycles. The van der Waals surface area contributed by atoms with Crippen LogP contribution in [0, 0.1) is 5.92 Å². The standard InChI is InChI=1S/C14H28N2O2S/c1-2-19(17,18)12-4-9-16-10-6-13(7-11-16)14-5-3-8-15-14/h13-15H,2-12H2,1H3. The first kappa shape index (κ1) is 15.3. The van der Waals surface area contributed by atoms with Gasteiger partial charge in [-0.15, -0.1) is 0 Å². The summed E-state index contributed by atoms with van der Waals surface area (Å²) in [7, 11) is -2.78. The highest BCUT2D eigenvalue weighted by Gasteiger charge is 2.28.